The zero-order chi connectivity index (χ0) is 20.6. The van der Waals surface area contributed by atoms with Crippen molar-refractivity contribution >= 4 is 33.3 Å². The van der Waals surface area contributed by atoms with Crippen LogP contribution in [0, 0.1) is 6.92 Å². The normalized spacial score (nSPS) is 10.9. The van der Waals surface area contributed by atoms with Crippen molar-refractivity contribution in [3.63, 3.8) is 0 Å². The van der Waals surface area contributed by atoms with Gasteiger partial charge in [-0.25, -0.2) is 9.78 Å². The Morgan fingerprint density at radius 2 is 2.03 bits per heavy atom. The molecule has 0 bridgehead atoms. The van der Waals surface area contributed by atoms with Gasteiger partial charge in [0.2, 0.25) is 0 Å². The van der Waals surface area contributed by atoms with Gasteiger partial charge < -0.3 is 14.2 Å². The van der Waals surface area contributed by atoms with Crippen molar-refractivity contribution in [2.24, 2.45) is 0 Å². The fourth-order valence-corrected chi connectivity index (χ4v) is 3.76. The Kier molecular flexibility index (Phi) is 7.43. The highest BCUT2D eigenvalue weighted by molar-refractivity contribution is 7.18. The minimum Gasteiger partial charge on any atom is -0.486 e. The molecule has 0 aliphatic rings. The third kappa shape index (κ3) is 5.46. The maximum atomic E-state index is 12.2. The molecule has 0 radical (unpaired) electrons. The highest BCUT2D eigenvalue weighted by Crippen LogP contribution is 2.27. The molecule has 1 amide bonds. The first-order valence-corrected chi connectivity index (χ1v) is 10.4. The molecule has 0 aliphatic heterocycles. The highest BCUT2D eigenvalue weighted by Gasteiger charge is 2.19. The summed E-state index contributed by atoms with van der Waals surface area (Å²) >= 11 is 1.63. The second kappa shape index (κ2) is 10.2. The topological polar surface area (TPSA) is 60.9 Å². The summed E-state index contributed by atoms with van der Waals surface area (Å²) in [6.45, 7) is 5.19. The van der Waals surface area contributed by atoms with Crippen molar-refractivity contribution in [2.75, 3.05) is 25.3 Å². The molecule has 0 fully saturated rings. The molecule has 1 aromatic heterocycles. The van der Waals surface area contributed by atoms with Crippen molar-refractivity contribution < 1.29 is 19.0 Å². The summed E-state index contributed by atoms with van der Waals surface area (Å²) in [4.78, 5) is 18.3. The SMILES string of the molecule is CCCCOCN(C(=O)OC)c1ccc(OCc2nc3ccccc3s2)cc1C. The number of thiazole rings is 1. The molecule has 0 spiro atoms. The van der Waals surface area contributed by atoms with Gasteiger partial charge in [-0.2, -0.15) is 0 Å². The minimum absolute atomic E-state index is 0.152. The van der Waals surface area contributed by atoms with Crippen molar-refractivity contribution in [2.45, 2.75) is 33.3 Å². The quantitative estimate of drug-likeness (QED) is 0.340. The van der Waals surface area contributed by atoms with Gasteiger partial charge in [0.1, 0.15) is 24.1 Å². The second-order valence-corrected chi connectivity index (χ2v) is 7.72. The summed E-state index contributed by atoms with van der Waals surface area (Å²) in [6.07, 6.45) is 1.54. The summed E-state index contributed by atoms with van der Waals surface area (Å²) in [5, 5.41) is 0.924. The smallest absolute Gasteiger partial charge is 0.415 e. The summed E-state index contributed by atoms with van der Waals surface area (Å²) in [5.41, 5.74) is 2.62. The molecule has 29 heavy (non-hydrogen) atoms. The largest absolute Gasteiger partial charge is 0.486 e. The molecule has 0 atom stereocenters. The van der Waals surface area contributed by atoms with Crippen LogP contribution in [0.5, 0.6) is 5.75 Å². The van der Waals surface area contributed by atoms with Gasteiger partial charge in [0.05, 0.1) is 23.0 Å². The van der Waals surface area contributed by atoms with E-state index in [1.165, 1.54) is 12.0 Å². The lowest BCUT2D eigenvalue weighted by Crippen LogP contribution is -2.33. The van der Waals surface area contributed by atoms with Gasteiger partial charge >= 0.3 is 6.09 Å². The van der Waals surface area contributed by atoms with Crippen LogP contribution in [-0.2, 0) is 16.1 Å². The average Bonchev–Trinajstić information content (AvgIpc) is 3.15. The number of ether oxygens (including phenoxy) is 3. The minimum atomic E-state index is -0.451. The molecule has 3 rings (SSSR count). The number of nitrogens with zero attached hydrogens (tertiary/aromatic N) is 2. The van der Waals surface area contributed by atoms with E-state index in [2.05, 4.69) is 18.0 Å². The molecule has 0 aliphatic carbocycles. The van der Waals surface area contributed by atoms with E-state index in [-0.39, 0.29) is 6.73 Å². The Bertz CT molecular complexity index is 924. The number of aryl methyl sites for hydroxylation is 1. The van der Waals surface area contributed by atoms with Crippen LogP contribution in [0.2, 0.25) is 0 Å². The summed E-state index contributed by atoms with van der Waals surface area (Å²) < 4.78 is 17.6. The number of unbranched alkanes of at least 4 members (excludes halogenated alkanes) is 1. The molecule has 1 heterocycles. The van der Waals surface area contributed by atoms with E-state index in [4.69, 9.17) is 14.2 Å². The standard InChI is InChI=1S/C22H26N2O4S/c1-4-5-12-27-15-24(22(25)26-3)19-11-10-17(13-16(19)2)28-14-21-23-18-8-6-7-9-20(18)29-21/h6-11,13H,4-5,12,14-15H2,1-3H3. The van der Waals surface area contributed by atoms with Gasteiger partial charge in [-0.15, -0.1) is 11.3 Å². The van der Waals surface area contributed by atoms with E-state index in [0.717, 1.165) is 45.1 Å². The number of carbonyl (C=O) groups excluding carboxylic acids is 1. The fourth-order valence-electron chi connectivity index (χ4n) is 2.88. The van der Waals surface area contributed by atoms with Crippen LogP contribution in [0.25, 0.3) is 10.2 Å². The Morgan fingerprint density at radius 1 is 1.21 bits per heavy atom. The van der Waals surface area contributed by atoms with Gasteiger partial charge in [0.15, 0.2) is 0 Å². The number of rotatable bonds is 9. The lowest BCUT2D eigenvalue weighted by molar-refractivity contribution is 0.119. The lowest BCUT2D eigenvalue weighted by atomic mass is 10.2. The number of anilines is 1. The Morgan fingerprint density at radius 3 is 2.76 bits per heavy atom. The molecule has 0 unspecified atom stereocenters. The molecule has 0 saturated heterocycles. The van der Waals surface area contributed by atoms with Gasteiger partial charge in [-0.3, -0.25) is 4.90 Å². The zero-order valence-electron chi connectivity index (χ0n) is 17.0. The van der Waals surface area contributed by atoms with E-state index in [9.17, 15) is 4.79 Å². The number of hydrogen-bond donors (Lipinski definition) is 0. The van der Waals surface area contributed by atoms with E-state index in [1.807, 2.05) is 43.3 Å². The fraction of sp³-hybridized carbons (Fsp3) is 0.364. The van der Waals surface area contributed by atoms with Crippen LogP contribution in [0.1, 0.15) is 30.3 Å². The molecule has 2 aromatic carbocycles. The monoisotopic (exact) mass is 414 g/mol. The van der Waals surface area contributed by atoms with Crippen LogP contribution in [0.15, 0.2) is 42.5 Å². The molecule has 6 nitrogen and oxygen atoms in total. The number of carbonyl (C=O) groups is 1. The van der Waals surface area contributed by atoms with Crippen LogP contribution in [0.4, 0.5) is 10.5 Å². The number of methoxy groups -OCH3 is 1. The van der Waals surface area contributed by atoms with Crippen LogP contribution < -0.4 is 9.64 Å². The van der Waals surface area contributed by atoms with E-state index in [1.54, 1.807) is 11.3 Å². The number of aromatic nitrogens is 1. The molecular formula is C22H26N2O4S. The molecule has 7 heteroatoms. The first kappa shape index (κ1) is 21.1. The maximum Gasteiger partial charge on any atom is 0.415 e. The third-order valence-electron chi connectivity index (χ3n) is 4.42. The van der Waals surface area contributed by atoms with E-state index in [0.29, 0.717) is 13.2 Å². The first-order chi connectivity index (χ1) is 14.1. The molecule has 0 saturated carbocycles. The lowest BCUT2D eigenvalue weighted by Gasteiger charge is -2.23. The van der Waals surface area contributed by atoms with Crippen molar-refractivity contribution in [1.82, 2.24) is 4.98 Å². The predicted octanol–water partition coefficient (Wildman–Crippen LogP) is 5.53. The Labute approximate surface area is 175 Å². The Balaban J connectivity index is 1.67. The number of fused-ring (bicyclic) bond motifs is 1. The number of benzene rings is 2. The van der Waals surface area contributed by atoms with Gasteiger partial charge in [0, 0.05) is 6.61 Å². The average molecular weight is 415 g/mol. The number of para-hydroxylation sites is 1. The second-order valence-electron chi connectivity index (χ2n) is 6.60. The zero-order valence-corrected chi connectivity index (χ0v) is 17.8. The first-order valence-electron chi connectivity index (χ1n) is 9.63. The van der Waals surface area contributed by atoms with Crippen LogP contribution >= 0.6 is 11.3 Å². The van der Waals surface area contributed by atoms with Gasteiger partial charge in [0.25, 0.3) is 0 Å². The van der Waals surface area contributed by atoms with Crippen LogP contribution in [0.3, 0.4) is 0 Å². The molecular weight excluding hydrogens is 388 g/mol. The van der Waals surface area contributed by atoms with Gasteiger partial charge in [-0.05, 0) is 49.2 Å². The summed E-state index contributed by atoms with van der Waals surface area (Å²) in [7, 11) is 1.37. The van der Waals surface area contributed by atoms with E-state index >= 15 is 0 Å². The van der Waals surface area contributed by atoms with Crippen molar-refractivity contribution in [1.29, 1.82) is 0 Å². The summed E-state index contributed by atoms with van der Waals surface area (Å²) in [5.74, 6) is 0.724. The van der Waals surface area contributed by atoms with Crippen LogP contribution in [-0.4, -0.2) is 31.5 Å². The van der Waals surface area contributed by atoms with Crippen molar-refractivity contribution in [3.8, 4) is 5.75 Å². The number of hydrogen-bond acceptors (Lipinski definition) is 6. The summed E-state index contributed by atoms with van der Waals surface area (Å²) in [6, 6.07) is 13.6. The van der Waals surface area contributed by atoms with E-state index < -0.39 is 6.09 Å². The molecule has 154 valence electrons. The highest BCUT2D eigenvalue weighted by atomic mass is 32.1. The van der Waals surface area contributed by atoms with Gasteiger partial charge in [-0.1, -0.05) is 25.5 Å². The van der Waals surface area contributed by atoms with Crippen molar-refractivity contribution in [3.05, 3.63) is 53.0 Å². The maximum absolute atomic E-state index is 12.2. The predicted molar refractivity (Wildman–Crippen MR) is 116 cm³/mol. The number of amides is 1. The Hall–Kier alpha value is -2.64. The third-order valence-corrected chi connectivity index (χ3v) is 5.43. The molecule has 0 N–H and O–H groups in total. The molecule has 3 aromatic rings.